The Balaban J connectivity index is 2.19. The molecule has 0 aliphatic rings. The summed E-state index contributed by atoms with van der Waals surface area (Å²) in [6.45, 7) is 2.23. The second kappa shape index (κ2) is 7.28. The predicted octanol–water partition coefficient (Wildman–Crippen LogP) is 1.05. The molecule has 0 atom stereocenters. The van der Waals surface area contributed by atoms with Gasteiger partial charge in [0.2, 0.25) is 0 Å². The number of ether oxygens (including phenoxy) is 1. The normalized spacial score (nSPS) is 11.2. The second-order valence-corrected chi connectivity index (χ2v) is 7.20. The average molecular weight is 337 g/mol. The van der Waals surface area contributed by atoms with Crippen LogP contribution in [0, 0.1) is 0 Å². The van der Waals surface area contributed by atoms with E-state index in [2.05, 4.69) is 10.4 Å². The van der Waals surface area contributed by atoms with Gasteiger partial charge in [0.15, 0.2) is 11.4 Å². The number of carbonyl (C=O) groups excluding carboxylic acids is 1. The molecular weight excluding hydrogens is 318 g/mol. The molecule has 1 aromatic heterocycles. The zero-order valence-electron chi connectivity index (χ0n) is 13.0. The highest BCUT2D eigenvalue weighted by Crippen LogP contribution is 2.19. The van der Waals surface area contributed by atoms with Crippen molar-refractivity contribution in [1.29, 1.82) is 0 Å². The molecule has 0 saturated carbocycles. The maximum atomic E-state index is 12.2. The molecule has 7 nitrogen and oxygen atoms in total. The maximum absolute atomic E-state index is 12.2. The van der Waals surface area contributed by atoms with Crippen molar-refractivity contribution in [2.24, 2.45) is 0 Å². The van der Waals surface area contributed by atoms with Crippen molar-refractivity contribution in [3.63, 3.8) is 0 Å². The summed E-state index contributed by atoms with van der Waals surface area (Å²) in [5.41, 5.74) is 0.924. The van der Waals surface area contributed by atoms with Crippen LogP contribution < -0.4 is 10.1 Å². The summed E-state index contributed by atoms with van der Waals surface area (Å²) >= 11 is 0. The largest absolute Gasteiger partial charge is 0.490 e. The molecule has 1 heterocycles. The van der Waals surface area contributed by atoms with Gasteiger partial charge >= 0.3 is 0 Å². The number of sulfone groups is 1. The molecule has 0 aliphatic carbocycles. The van der Waals surface area contributed by atoms with Gasteiger partial charge in [0, 0.05) is 12.8 Å². The van der Waals surface area contributed by atoms with E-state index in [-0.39, 0.29) is 18.0 Å². The van der Waals surface area contributed by atoms with Crippen molar-refractivity contribution in [2.75, 3.05) is 25.2 Å². The first-order valence-corrected chi connectivity index (χ1v) is 9.20. The first-order chi connectivity index (χ1) is 10.9. The summed E-state index contributed by atoms with van der Waals surface area (Å²) in [6.07, 6.45) is 2.75. The van der Waals surface area contributed by atoms with Crippen molar-refractivity contribution >= 4 is 15.7 Å². The monoisotopic (exact) mass is 337 g/mol. The first kappa shape index (κ1) is 17.0. The van der Waals surface area contributed by atoms with Gasteiger partial charge in [-0.2, -0.15) is 5.10 Å². The van der Waals surface area contributed by atoms with Crippen molar-refractivity contribution in [3.05, 3.63) is 42.2 Å². The Morgan fingerprint density at radius 1 is 1.30 bits per heavy atom. The molecule has 1 aromatic carbocycles. The fourth-order valence-electron chi connectivity index (χ4n) is 1.92. The lowest BCUT2D eigenvalue weighted by molar-refractivity contribution is 0.0947. The zero-order valence-corrected chi connectivity index (χ0v) is 13.8. The smallest absolute Gasteiger partial charge is 0.275 e. The van der Waals surface area contributed by atoms with Gasteiger partial charge in [0.25, 0.3) is 5.91 Å². The van der Waals surface area contributed by atoms with Crippen LogP contribution in [0.15, 0.2) is 36.5 Å². The van der Waals surface area contributed by atoms with Gasteiger partial charge in [0.05, 0.1) is 24.2 Å². The van der Waals surface area contributed by atoms with Crippen molar-refractivity contribution in [2.45, 2.75) is 6.92 Å². The van der Waals surface area contributed by atoms with Crippen LogP contribution in [0.4, 0.5) is 0 Å². The van der Waals surface area contributed by atoms with Crippen molar-refractivity contribution in [1.82, 2.24) is 15.1 Å². The zero-order chi connectivity index (χ0) is 16.9. The van der Waals surface area contributed by atoms with Gasteiger partial charge in [-0.3, -0.25) is 4.79 Å². The Morgan fingerprint density at radius 2 is 2.00 bits per heavy atom. The summed E-state index contributed by atoms with van der Waals surface area (Å²) in [4.78, 5) is 12.2. The van der Waals surface area contributed by atoms with Gasteiger partial charge in [-0.15, -0.1) is 0 Å². The average Bonchev–Trinajstić information content (AvgIpc) is 2.91. The molecule has 124 valence electrons. The molecule has 0 fully saturated rings. The first-order valence-electron chi connectivity index (χ1n) is 7.14. The Bertz CT molecular complexity index is 769. The Labute approximate surface area is 135 Å². The number of hydrogen-bond acceptors (Lipinski definition) is 5. The van der Waals surface area contributed by atoms with E-state index in [4.69, 9.17) is 4.74 Å². The van der Waals surface area contributed by atoms with E-state index in [0.717, 1.165) is 11.9 Å². The lowest BCUT2D eigenvalue weighted by Gasteiger charge is -2.04. The fourth-order valence-corrected chi connectivity index (χ4v) is 2.40. The number of benzene rings is 1. The van der Waals surface area contributed by atoms with E-state index < -0.39 is 15.7 Å². The number of amides is 1. The molecule has 0 unspecified atom stereocenters. The predicted molar refractivity (Wildman–Crippen MR) is 86.8 cm³/mol. The maximum Gasteiger partial charge on any atom is 0.275 e. The lowest BCUT2D eigenvalue weighted by Crippen LogP contribution is -2.29. The Morgan fingerprint density at radius 3 is 2.61 bits per heavy atom. The summed E-state index contributed by atoms with van der Waals surface area (Å²) in [5, 5.41) is 6.79. The van der Waals surface area contributed by atoms with E-state index in [1.165, 1.54) is 0 Å². The van der Waals surface area contributed by atoms with Crippen LogP contribution in [-0.4, -0.2) is 49.3 Å². The van der Waals surface area contributed by atoms with Crippen LogP contribution in [0.1, 0.15) is 17.4 Å². The second-order valence-electron chi connectivity index (χ2n) is 4.94. The van der Waals surface area contributed by atoms with Gasteiger partial charge in [-0.1, -0.05) is 18.2 Å². The molecule has 0 spiro atoms. The third-order valence-corrected chi connectivity index (χ3v) is 3.92. The van der Waals surface area contributed by atoms with Gasteiger partial charge in [-0.05, 0) is 19.1 Å². The molecule has 8 heteroatoms. The molecule has 0 bridgehead atoms. The molecule has 23 heavy (non-hydrogen) atoms. The van der Waals surface area contributed by atoms with Crippen molar-refractivity contribution < 1.29 is 17.9 Å². The topological polar surface area (TPSA) is 90.3 Å². The number of nitrogens with zero attached hydrogens (tertiary/aromatic N) is 2. The minimum atomic E-state index is -3.13. The molecule has 2 aromatic rings. The Hall–Kier alpha value is -2.35. The number of nitrogens with one attached hydrogen (secondary N) is 1. The number of para-hydroxylation sites is 1. The minimum absolute atomic E-state index is 0.0292. The van der Waals surface area contributed by atoms with Gasteiger partial charge < -0.3 is 10.1 Å². The SMILES string of the molecule is CCOc1cn(-c2ccccc2)nc1C(=O)NCCS(C)(=O)=O. The standard InChI is InChI=1S/C15H19N3O4S/c1-3-22-13-11-18(12-7-5-4-6-8-12)17-14(13)15(19)16-9-10-23(2,20)21/h4-8,11H,3,9-10H2,1-2H3,(H,16,19). The summed E-state index contributed by atoms with van der Waals surface area (Å²) in [7, 11) is -3.13. The van der Waals surface area contributed by atoms with E-state index in [9.17, 15) is 13.2 Å². The highest BCUT2D eigenvalue weighted by atomic mass is 32.2. The van der Waals surface area contributed by atoms with Crippen LogP contribution in [0.25, 0.3) is 5.69 Å². The molecule has 1 amide bonds. The third-order valence-electron chi connectivity index (χ3n) is 2.97. The van der Waals surface area contributed by atoms with Crippen LogP contribution in [-0.2, 0) is 9.84 Å². The third kappa shape index (κ3) is 4.82. The Kier molecular flexibility index (Phi) is 5.38. The number of rotatable bonds is 7. The van der Waals surface area contributed by atoms with Gasteiger partial charge in [-0.25, -0.2) is 13.1 Å². The molecular formula is C15H19N3O4S. The molecule has 0 aliphatic heterocycles. The molecule has 1 N–H and O–H groups in total. The van der Waals surface area contributed by atoms with E-state index in [0.29, 0.717) is 12.4 Å². The minimum Gasteiger partial charge on any atom is -0.490 e. The van der Waals surface area contributed by atoms with Gasteiger partial charge in [0.1, 0.15) is 9.84 Å². The number of aromatic nitrogens is 2. The number of carbonyl (C=O) groups is 1. The molecule has 0 radical (unpaired) electrons. The quantitative estimate of drug-likeness (QED) is 0.815. The molecule has 0 saturated heterocycles. The van der Waals surface area contributed by atoms with Crippen molar-refractivity contribution in [3.8, 4) is 11.4 Å². The van der Waals surface area contributed by atoms with Crippen LogP contribution in [0.5, 0.6) is 5.75 Å². The summed E-state index contributed by atoms with van der Waals surface area (Å²) in [5.74, 6) is -0.234. The summed E-state index contributed by atoms with van der Waals surface area (Å²) < 4.78 is 29.2. The molecule has 2 rings (SSSR count). The highest BCUT2D eigenvalue weighted by molar-refractivity contribution is 7.90. The van der Waals surface area contributed by atoms with Crippen LogP contribution in [0.3, 0.4) is 0 Å². The lowest BCUT2D eigenvalue weighted by atomic mass is 10.3. The highest BCUT2D eigenvalue weighted by Gasteiger charge is 2.19. The van der Waals surface area contributed by atoms with E-state index in [1.54, 1.807) is 10.9 Å². The van der Waals surface area contributed by atoms with Crippen LogP contribution in [0.2, 0.25) is 0 Å². The summed E-state index contributed by atoms with van der Waals surface area (Å²) in [6, 6.07) is 9.32. The van der Waals surface area contributed by atoms with Crippen LogP contribution >= 0.6 is 0 Å². The van der Waals surface area contributed by atoms with E-state index >= 15 is 0 Å². The fraction of sp³-hybridized carbons (Fsp3) is 0.333. The number of hydrogen-bond donors (Lipinski definition) is 1. The van der Waals surface area contributed by atoms with E-state index in [1.807, 2.05) is 37.3 Å².